The maximum atomic E-state index is 11.7. The molecule has 1 atom stereocenters. The second-order valence-corrected chi connectivity index (χ2v) is 5.12. The molecule has 0 amide bonds. The molecule has 0 aliphatic carbocycles. The van der Waals surface area contributed by atoms with Crippen LogP contribution in [0, 0.1) is 6.92 Å². The molecular weight excluding hydrogens is 236 g/mol. The van der Waals surface area contributed by atoms with Crippen molar-refractivity contribution in [2.24, 2.45) is 0 Å². The highest BCUT2D eigenvalue weighted by atomic mass is 16.5. The molecule has 1 unspecified atom stereocenters. The maximum Gasteiger partial charge on any atom is 0.306 e. The fourth-order valence-corrected chi connectivity index (χ4v) is 2.37. The Balaban J connectivity index is 2.70. The lowest BCUT2D eigenvalue weighted by atomic mass is 9.89. The van der Waals surface area contributed by atoms with Gasteiger partial charge in [0, 0.05) is 0 Å². The lowest BCUT2D eigenvalue weighted by Gasteiger charge is -2.17. The van der Waals surface area contributed by atoms with Crippen LogP contribution in [0.1, 0.15) is 63.0 Å². The lowest BCUT2D eigenvalue weighted by Crippen LogP contribution is -2.11. The number of carbonyl (C=O) groups is 1. The molecule has 2 nitrogen and oxygen atoms in total. The van der Waals surface area contributed by atoms with Crippen molar-refractivity contribution in [1.82, 2.24) is 0 Å². The van der Waals surface area contributed by atoms with Gasteiger partial charge in [0.25, 0.3) is 0 Å². The van der Waals surface area contributed by atoms with Crippen molar-refractivity contribution in [2.45, 2.75) is 58.8 Å². The number of hydrogen-bond acceptors (Lipinski definition) is 2. The highest BCUT2D eigenvalue weighted by Gasteiger charge is 2.16. The molecule has 0 aliphatic heterocycles. The number of rotatable bonds is 8. The van der Waals surface area contributed by atoms with Gasteiger partial charge in [-0.15, -0.1) is 0 Å². The van der Waals surface area contributed by atoms with Crippen LogP contribution in [0.25, 0.3) is 0 Å². The Morgan fingerprint density at radius 1 is 1.26 bits per heavy atom. The number of unbranched alkanes of at least 4 members (excludes halogenated alkanes) is 2. The van der Waals surface area contributed by atoms with E-state index in [0.717, 1.165) is 6.42 Å². The maximum absolute atomic E-state index is 11.7. The molecule has 0 saturated carbocycles. The Hall–Kier alpha value is -1.31. The van der Waals surface area contributed by atoms with Crippen LogP contribution in [0.4, 0.5) is 0 Å². The molecule has 0 bridgehead atoms. The van der Waals surface area contributed by atoms with Gasteiger partial charge in [-0.2, -0.15) is 0 Å². The lowest BCUT2D eigenvalue weighted by molar-refractivity contribution is -0.143. The molecule has 0 N–H and O–H groups in total. The van der Waals surface area contributed by atoms with Gasteiger partial charge in [-0.25, -0.2) is 0 Å². The first-order chi connectivity index (χ1) is 9.17. The molecule has 2 heteroatoms. The predicted octanol–water partition coefficient (Wildman–Crippen LogP) is 4.61. The highest BCUT2D eigenvalue weighted by molar-refractivity contribution is 5.70. The molecule has 0 saturated heterocycles. The predicted molar refractivity (Wildman–Crippen MR) is 79.3 cm³/mol. The second-order valence-electron chi connectivity index (χ2n) is 5.12. The van der Waals surface area contributed by atoms with E-state index in [1.165, 1.54) is 30.4 Å². The monoisotopic (exact) mass is 262 g/mol. The Labute approximate surface area is 117 Å². The van der Waals surface area contributed by atoms with Gasteiger partial charge in [0.2, 0.25) is 0 Å². The molecule has 19 heavy (non-hydrogen) atoms. The van der Waals surface area contributed by atoms with Gasteiger partial charge in [-0.05, 0) is 31.7 Å². The van der Waals surface area contributed by atoms with Gasteiger partial charge in [0.15, 0.2) is 0 Å². The smallest absolute Gasteiger partial charge is 0.306 e. The summed E-state index contributed by atoms with van der Waals surface area (Å²) in [7, 11) is 0. The summed E-state index contributed by atoms with van der Waals surface area (Å²) in [5.74, 6) is 0.219. The fourth-order valence-electron chi connectivity index (χ4n) is 2.37. The molecule has 0 spiro atoms. The first-order valence-electron chi connectivity index (χ1n) is 7.39. The van der Waals surface area contributed by atoms with Crippen molar-refractivity contribution in [3.8, 4) is 0 Å². The van der Waals surface area contributed by atoms with Crippen LogP contribution in [-0.2, 0) is 9.53 Å². The van der Waals surface area contributed by atoms with Crippen LogP contribution in [0.5, 0.6) is 0 Å². The van der Waals surface area contributed by atoms with Crippen molar-refractivity contribution < 1.29 is 9.53 Å². The number of esters is 1. The Bertz CT molecular complexity index is 385. The molecule has 106 valence electrons. The van der Waals surface area contributed by atoms with Crippen molar-refractivity contribution in [3.63, 3.8) is 0 Å². The molecule has 0 radical (unpaired) electrons. The fraction of sp³-hybridized carbons (Fsp3) is 0.588. The van der Waals surface area contributed by atoms with Crippen molar-refractivity contribution >= 4 is 5.97 Å². The molecule has 0 heterocycles. The first kappa shape index (κ1) is 15.7. The van der Waals surface area contributed by atoms with E-state index in [0.29, 0.717) is 18.9 Å². The van der Waals surface area contributed by atoms with Crippen LogP contribution >= 0.6 is 0 Å². The molecule has 0 fully saturated rings. The van der Waals surface area contributed by atoms with E-state index in [4.69, 9.17) is 4.74 Å². The Morgan fingerprint density at radius 2 is 2.05 bits per heavy atom. The minimum absolute atomic E-state index is 0.0782. The molecule has 1 aromatic carbocycles. The third-order valence-corrected chi connectivity index (χ3v) is 3.39. The van der Waals surface area contributed by atoms with Crippen LogP contribution < -0.4 is 0 Å². The van der Waals surface area contributed by atoms with Gasteiger partial charge >= 0.3 is 5.97 Å². The summed E-state index contributed by atoms with van der Waals surface area (Å²) in [6.45, 7) is 6.62. The van der Waals surface area contributed by atoms with E-state index < -0.39 is 0 Å². The normalized spacial score (nSPS) is 12.2. The summed E-state index contributed by atoms with van der Waals surface area (Å²) in [6, 6.07) is 8.48. The standard InChI is InChI=1S/C17H26O2/c1-4-6-7-10-16(13-17(18)19-5-2)15-11-8-9-14(3)12-15/h8-9,11-12,16H,4-7,10,13H2,1-3H3. The molecule has 1 rings (SSSR count). The topological polar surface area (TPSA) is 26.3 Å². The van der Waals surface area contributed by atoms with E-state index in [1.54, 1.807) is 0 Å². The number of aryl methyl sites for hydroxylation is 1. The minimum atomic E-state index is -0.0782. The molecule has 1 aromatic rings. The molecule has 0 aromatic heterocycles. The molecular formula is C17H26O2. The van der Waals surface area contributed by atoms with Gasteiger partial charge < -0.3 is 4.74 Å². The van der Waals surface area contributed by atoms with E-state index in [2.05, 4.69) is 38.1 Å². The number of carbonyl (C=O) groups excluding carboxylic acids is 1. The summed E-state index contributed by atoms with van der Waals surface area (Å²) >= 11 is 0. The van der Waals surface area contributed by atoms with E-state index >= 15 is 0 Å². The third-order valence-electron chi connectivity index (χ3n) is 3.39. The zero-order valence-corrected chi connectivity index (χ0v) is 12.4. The Morgan fingerprint density at radius 3 is 2.68 bits per heavy atom. The van der Waals surface area contributed by atoms with Crippen molar-refractivity contribution in [2.75, 3.05) is 6.61 Å². The van der Waals surface area contributed by atoms with E-state index in [9.17, 15) is 4.79 Å². The van der Waals surface area contributed by atoms with E-state index in [-0.39, 0.29) is 5.97 Å². The summed E-state index contributed by atoms with van der Waals surface area (Å²) in [4.78, 5) is 11.7. The summed E-state index contributed by atoms with van der Waals surface area (Å²) in [5, 5.41) is 0. The summed E-state index contributed by atoms with van der Waals surface area (Å²) < 4.78 is 5.09. The van der Waals surface area contributed by atoms with Gasteiger partial charge in [-0.1, -0.05) is 56.0 Å². The average Bonchev–Trinajstić information content (AvgIpc) is 2.38. The van der Waals surface area contributed by atoms with Gasteiger partial charge in [0.05, 0.1) is 13.0 Å². The third kappa shape index (κ3) is 5.91. The zero-order valence-electron chi connectivity index (χ0n) is 12.4. The number of benzene rings is 1. The second kappa shape index (κ2) is 8.73. The van der Waals surface area contributed by atoms with Crippen LogP contribution in [0.15, 0.2) is 24.3 Å². The zero-order chi connectivity index (χ0) is 14.1. The first-order valence-corrected chi connectivity index (χ1v) is 7.39. The number of hydrogen-bond donors (Lipinski definition) is 0. The highest BCUT2D eigenvalue weighted by Crippen LogP contribution is 2.27. The van der Waals surface area contributed by atoms with Crippen LogP contribution in [0.2, 0.25) is 0 Å². The molecule has 0 aliphatic rings. The van der Waals surface area contributed by atoms with E-state index in [1.807, 2.05) is 6.92 Å². The number of ether oxygens (including phenoxy) is 1. The Kier molecular flexibility index (Phi) is 7.24. The SMILES string of the molecule is CCCCCC(CC(=O)OCC)c1cccc(C)c1. The minimum Gasteiger partial charge on any atom is -0.466 e. The van der Waals surface area contributed by atoms with Gasteiger partial charge in [0.1, 0.15) is 0 Å². The summed E-state index contributed by atoms with van der Waals surface area (Å²) in [6.07, 6.45) is 5.18. The van der Waals surface area contributed by atoms with Crippen molar-refractivity contribution in [1.29, 1.82) is 0 Å². The summed E-state index contributed by atoms with van der Waals surface area (Å²) in [5.41, 5.74) is 2.52. The van der Waals surface area contributed by atoms with Crippen LogP contribution in [0.3, 0.4) is 0 Å². The van der Waals surface area contributed by atoms with Crippen molar-refractivity contribution in [3.05, 3.63) is 35.4 Å². The van der Waals surface area contributed by atoms with Gasteiger partial charge in [-0.3, -0.25) is 4.79 Å². The quantitative estimate of drug-likeness (QED) is 0.505. The largest absolute Gasteiger partial charge is 0.466 e. The van der Waals surface area contributed by atoms with Crippen LogP contribution in [-0.4, -0.2) is 12.6 Å². The average molecular weight is 262 g/mol.